The maximum atomic E-state index is 13.0. The van der Waals surface area contributed by atoms with Crippen LogP contribution < -0.4 is 0 Å². The van der Waals surface area contributed by atoms with Crippen LogP contribution in [0, 0.1) is 0 Å². The normalized spacial score (nSPS) is 23.0. The van der Waals surface area contributed by atoms with Gasteiger partial charge in [-0.1, -0.05) is 12.6 Å². The highest BCUT2D eigenvalue weighted by Crippen LogP contribution is 2.46. The van der Waals surface area contributed by atoms with E-state index in [0.29, 0.717) is 24.7 Å². The summed E-state index contributed by atoms with van der Waals surface area (Å²) >= 11 is 1.47. The monoisotopic (exact) mass is 412 g/mol. The van der Waals surface area contributed by atoms with E-state index in [4.69, 9.17) is 9.47 Å². The van der Waals surface area contributed by atoms with Crippen molar-refractivity contribution in [3.8, 4) is 0 Å². The van der Waals surface area contributed by atoms with Crippen LogP contribution in [0.5, 0.6) is 0 Å². The average Bonchev–Trinajstić information content (AvgIpc) is 3.04. The molecular weight excluding hydrogens is 389 g/mol. The number of thioether (sulfide) groups is 1. The molecule has 0 spiro atoms. The van der Waals surface area contributed by atoms with E-state index in [9.17, 15) is 13.2 Å². The van der Waals surface area contributed by atoms with Gasteiger partial charge in [0.15, 0.2) is 0 Å². The van der Waals surface area contributed by atoms with E-state index in [0.717, 1.165) is 23.9 Å². The zero-order chi connectivity index (χ0) is 20.4. The first kappa shape index (κ1) is 21.0. The van der Waals surface area contributed by atoms with Crippen molar-refractivity contribution in [2.45, 2.75) is 48.4 Å². The highest BCUT2D eigenvalue weighted by atomic mass is 32.2. The summed E-state index contributed by atoms with van der Waals surface area (Å²) in [7, 11) is 1.59. The van der Waals surface area contributed by atoms with Gasteiger partial charge in [-0.25, -0.2) is 4.68 Å². The summed E-state index contributed by atoms with van der Waals surface area (Å²) in [5, 5.41) is 4.43. The number of hydrogen-bond acceptors (Lipinski definition) is 4. The molecule has 2 unspecified atom stereocenters. The summed E-state index contributed by atoms with van der Waals surface area (Å²) < 4.78 is 51.7. The van der Waals surface area contributed by atoms with E-state index in [1.165, 1.54) is 23.9 Å². The van der Waals surface area contributed by atoms with Gasteiger partial charge >= 0.3 is 6.18 Å². The Morgan fingerprint density at radius 3 is 2.89 bits per heavy atom. The van der Waals surface area contributed by atoms with E-state index in [2.05, 4.69) is 18.6 Å². The van der Waals surface area contributed by atoms with E-state index >= 15 is 0 Å². The van der Waals surface area contributed by atoms with Crippen molar-refractivity contribution in [1.82, 2.24) is 9.78 Å². The predicted octanol–water partition coefficient (Wildman–Crippen LogP) is 5.55. The second-order valence-electron chi connectivity index (χ2n) is 7.01. The lowest BCUT2D eigenvalue weighted by atomic mass is 9.94. The molecule has 3 rings (SSSR count). The van der Waals surface area contributed by atoms with Crippen LogP contribution >= 0.6 is 11.8 Å². The van der Waals surface area contributed by atoms with Gasteiger partial charge in [0, 0.05) is 23.4 Å². The molecule has 0 bridgehead atoms. The smallest absolute Gasteiger partial charge is 0.372 e. The molecule has 4 nitrogen and oxygen atoms in total. The van der Waals surface area contributed by atoms with Crippen LogP contribution in [-0.2, 0) is 22.4 Å². The van der Waals surface area contributed by atoms with Crippen LogP contribution in [0.25, 0.3) is 6.08 Å². The van der Waals surface area contributed by atoms with Gasteiger partial charge in [0.2, 0.25) is 0 Å². The number of rotatable bonds is 6. The lowest BCUT2D eigenvalue weighted by Crippen LogP contribution is -2.32. The fourth-order valence-electron chi connectivity index (χ4n) is 3.31. The summed E-state index contributed by atoms with van der Waals surface area (Å²) in [5.74, 6) is 0. The average molecular weight is 412 g/mol. The Labute approximate surface area is 166 Å². The Morgan fingerprint density at radius 1 is 1.43 bits per heavy atom. The number of ether oxygens (including phenoxy) is 2. The topological polar surface area (TPSA) is 36.3 Å². The van der Waals surface area contributed by atoms with Crippen molar-refractivity contribution in [1.29, 1.82) is 0 Å². The van der Waals surface area contributed by atoms with Crippen molar-refractivity contribution in [2.24, 2.45) is 0 Å². The number of benzene rings is 1. The zero-order valence-corrected chi connectivity index (χ0v) is 16.6. The molecule has 152 valence electrons. The molecule has 2 heterocycles. The molecule has 1 aliphatic heterocycles. The minimum atomic E-state index is -4.34. The highest BCUT2D eigenvalue weighted by molar-refractivity contribution is 8.00. The number of hydrogen-bond donors (Lipinski definition) is 0. The molecule has 0 saturated carbocycles. The molecule has 2 aromatic rings. The van der Waals surface area contributed by atoms with E-state index in [1.807, 2.05) is 6.07 Å². The van der Waals surface area contributed by atoms with Crippen LogP contribution in [0.15, 0.2) is 41.8 Å². The molecule has 1 saturated heterocycles. The summed E-state index contributed by atoms with van der Waals surface area (Å²) in [4.78, 5) is 0.607. The van der Waals surface area contributed by atoms with Gasteiger partial charge in [0.25, 0.3) is 0 Å². The van der Waals surface area contributed by atoms with Crippen LogP contribution in [-0.4, -0.2) is 28.2 Å². The minimum Gasteiger partial charge on any atom is -0.372 e. The van der Waals surface area contributed by atoms with Gasteiger partial charge in [-0.15, -0.1) is 11.8 Å². The summed E-state index contributed by atoms with van der Waals surface area (Å²) in [6, 6.07) is 7.40. The number of methoxy groups -OCH3 is 1. The SMILES string of the molecule is C=Cc1cc(C2CC(C)(Sc3cccc(C(F)(F)F)c3)CCO2)n(COC)n1. The Morgan fingerprint density at radius 2 is 2.21 bits per heavy atom. The summed E-state index contributed by atoms with van der Waals surface area (Å²) in [5.41, 5.74) is 0.985. The van der Waals surface area contributed by atoms with Crippen LogP contribution in [0.4, 0.5) is 13.2 Å². The zero-order valence-electron chi connectivity index (χ0n) is 15.8. The fourth-order valence-corrected chi connectivity index (χ4v) is 4.63. The van der Waals surface area contributed by atoms with Crippen LogP contribution in [0.3, 0.4) is 0 Å². The van der Waals surface area contributed by atoms with Gasteiger partial charge in [-0.2, -0.15) is 18.3 Å². The van der Waals surface area contributed by atoms with Crippen molar-refractivity contribution < 1.29 is 22.6 Å². The molecule has 1 aromatic heterocycles. The molecule has 0 N–H and O–H groups in total. The molecule has 1 aromatic carbocycles. The minimum absolute atomic E-state index is 0.214. The van der Waals surface area contributed by atoms with Gasteiger partial charge in [0.1, 0.15) is 12.8 Å². The molecule has 0 radical (unpaired) electrons. The van der Waals surface area contributed by atoms with Gasteiger partial charge in [-0.3, -0.25) is 0 Å². The first-order valence-corrected chi connectivity index (χ1v) is 9.73. The largest absolute Gasteiger partial charge is 0.416 e. The molecular formula is C20H23F3N2O2S. The second-order valence-corrected chi connectivity index (χ2v) is 8.67. The van der Waals surface area contributed by atoms with Gasteiger partial charge < -0.3 is 9.47 Å². The molecule has 0 amide bonds. The standard InChI is InChI=1S/C20H23F3N2O2S/c1-4-15-11-17(25(24-15)13-26-3)18-12-19(2,8-9-27-18)28-16-7-5-6-14(10-16)20(21,22)23/h4-7,10-11,18H,1,8-9,12-13H2,2-3H3. The van der Waals surface area contributed by atoms with Gasteiger partial charge in [0.05, 0.1) is 17.0 Å². The molecule has 1 aliphatic rings. The third-order valence-electron chi connectivity index (χ3n) is 4.71. The Hall–Kier alpha value is -1.77. The Kier molecular flexibility index (Phi) is 6.21. The van der Waals surface area contributed by atoms with Crippen molar-refractivity contribution in [2.75, 3.05) is 13.7 Å². The lowest BCUT2D eigenvalue weighted by molar-refractivity contribution is -0.137. The summed E-state index contributed by atoms with van der Waals surface area (Å²) in [6.07, 6.45) is -1.50. The quantitative estimate of drug-likeness (QED) is 0.623. The van der Waals surface area contributed by atoms with Crippen LogP contribution in [0.2, 0.25) is 0 Å². The fraction of sp³-hybridized carbons (Fsp3) is 0.450. The predicted molar refractivity (Wildman–Crippen MR) is 103 cm³/mol. The molecule has 0 aliphatic carbocycles. The number of alkyl halides is 3. The number of halogens is 3. The first-order valence-electron chi connectivity index (χ1n) is 8.91. The maximum Gasteiger partial charge on any atom is 0.416 e. The third kappa shape index (κ3) is 4.79. The van der Waals surface area contributed by atoms with E-state index < -0.39 is 11.7 Å². The molecule has 1 fully saturated rings. The second kappa shape index (κ2) is 8.31. The molecule has 28 heavy (non-hydrogen) atoms. The number of aromatic nitrogens is 2. The lowest BCUT2D eigenvalue weighted by Gasteiger charge is -2.38. The molecule has 8 heteroatoms. The Bertz CT molecular complexity index is 837. The number of nitrogens with zero attached hydrogens (tertiary/aromatic N) is 2. The third-order valence-corrected chi connectivity index (χ3v) is 6.07. The van der Waals surface area contributed by atoms with Crippen molar-refractivity contribution in [3.05, 3.63) is 53.9 Å². The molecule has 2 atom stereocenters. The van der Waals surface area contributed by atoms with Crippen molar-refractivity contribution in [3.63, 3.8) is 0 Å². The highest BCUT2D eigenvalue weighted by Gasteiger charge is 2.37. The first-order chi connectivity index (χ1) is 13.2. The van der Waals surface area contributed by atoms with Crippen LogP contribution in [0.1, 0.15) is 42.8 Å². The van der Waals surface area contributed by atoms with Crippen molar-refractivity contribution >= 4 is 17.8 Å². The Balaban J connectivity index is 1.81. The van der Waals surface area contributed by atoms with Gasteiger partial charge in [-0.05, 0) is 50.1 Å². The van der Waals surface area contributed by atoms with E-state index in [1.54, 1.807) is 23.9 Å². The van der Waals surface area contributed by atoms with E-state index in [-0.39, 0.29) is 10.9 Å². The summed E-state index contributed by atoms with van der Waals surface area (Å²) in [6.45, 7) is 6.63. The maximum absolute atomic E-state index is 13.0.